The van der Waals surface area contributed by atoms with E-state index in [1.807, 2.05) is 0 Å². The maximum absolute atomic E-state index is 11.6. The van der Waals surface area contributed by atoms with Crippen molar-refractivity contribution >= 4 is 5.91 Å². The minimum Gasteiger partial charge on any atom is -0.386 e. The number of ether oxygens (including phenoxy) is 1. The summed E-state index contributed by atoms with van der Waals surface area (Å²) < 4.78 is 5.07. The zero-order valence-corrected chi connectivity index (χ0v) is 8.72. The molecule has 1 aromatic rings. The monoisotopic (exact) mass is 223 g/mol. The van der Waals surface area contributed by atoms with Crippen molar-refractivity contribution in [3.05, 3.63) is 24.3 Å². The van der Waals surface area contributed by atoms with Gasteiger partial charge >= 0.3 is 0 Å². The number of aliphatic hydroxyl groups is 1. The van der Waals surface area contributed by atoms with Gasteiger partial charge in [-0.2, -0.15) is 0 Å². The molecule has 2 N–H and O–H groups in total. The van der Waals surface area contributed by atoms with Gasteiger partial charge in [0.25, 0.3) is 5.91 Å². The van der Waals surface area contributed by atoms with Crippen LogP contribution >= 0.6 is 0 Å². The SMILES string of the molecule is O=C(NCC1(O)CCOC1)c1cncnc1. The zero-order chi connectivity index (χ0) is 11.4. The summed E-state index contributed by atoms with van der Waals surface area (Å²) in [4.78, 5) is 19.1. The predicted molar refractivity (Wildman–Crippen MR) is 54.8 cm³/mol. The number of aromatic nitrogens is 2. The fourth-order valence-corrected chi connectivity index (χ4v) is 1.50. The summed E-state index contributed by atoms with van der Waals surface area (Å²) in [6, 6.07) is 0. The molecule has 0 aromatic carbocycles. The number of hydrogen-bond donors (Lipinski definition) is 2. The summed E-state index contributed by atoms with van der Waals surface area (Å²) in [5.41, 5.74) is -0.560. The Bertz CT molecular complexity index is 363. The number of carbonyl (C=O) groups is 1. The maximum Gasteiger partial charge on any atom is 0.254 e. The molecule has 6 nitrogen and oxygen atoms in total. The van der Waals surface area contributed by atoms with E-state index in [-0.39, 0.29) is 19.1 Å². The number of nitrogens with zero attached hydrogens (tertiary/aromatic N) is 2. The second-order valence-corrected chi connectivity index (χ2v) is 3.84. The van der Waals surface area contributed by atoms with E-state index in [4.69, 9.17) is 4.74 Å². The first-order valence-electron chi connectivity index (χ1n) is 5.03. The van der Waals surface area contributed by atoms with E-state index in [0.29, 0.717) is 18.6 Å². The van der Waals surface area contributed by atoms with Gasteiger partial charge in [-0.15, -0.1) is 0 Å². The van der Waals surface area contributed by atoms with Gasteiger partial charge in [0.05, 0.1) is 12.2 Å². The van der Waals surface area contributed by atoms with Crippen LogP contribution in [0.2, 0.25) is 0 Å². The van der Waals surface area contributed by atoms with Crippen molar-refractivity contribution in [3.63, 3.8) is 0 Å². The van der Waals surface area contributed by atoms with Crippen LogP contribution in [0.1, 0.15) is 16.8 Å². The zero-order valence-electron chi connectivity index (χ0n) is 8.72. The first kappa shape index (κ1) is 11.0. The van der Waals surface area contributed by atoms with Crippen LogP contribution in [0.4, 0.5) is 0 Å². The highest BCUT2D eigenvalue weighted by atomic mass is 16.5. The molecule has 1 amide bonds. The van der Waals surface area contributed by atoms with Crippen LogP contribution in [-0.2, 0) is 4.74 Å². The molecule has 0 spiro atoms. The minimum atomic E-state index is -0.939. The predicted octanol–water partition coefficient (Wildman–Crippen LogP) is -0.642. The summed E-state index contributed by atoms with van der Waals surface area (Å²) in [7, 11) is 0. The van der Waals surface area contributed by atoms with Gasteiger partial charge < -0.3 is 15.2 Å². The number of carbonyl (C=O) groups excluding carboxylic acids is 1. The van der Waals surface area contributed by atoms with Crippen LogP contribution < -0.4 is 5.32 Å². The van der Waals surface area contributed by atoms with Crippen molar-refractivity contribution in [1.82, 2.24) is 15.3 Å². The van der Waals surface area contributed by atoms with E-state index in [1.165, 1.54) is 18.7 Å². The Balaban J connectivity index is 1.89. The van der Waals surface area contributed by atoms with E-state index < -0.39 is 5.60 Å². The van der Waals surface area contributed by atoms with Gasteiger partial charge in [0, 0.05) is 32.0 Å². The summed E-state index contributed by atoms with van der Waals surface area (Å²) in [6.45, 7) is 0.972. The van der Waals surface area contributed by atoms with Gasteiger partial charge in [-0.1, -0.05) is 0 Å². The first-order chi connectivity index (χ1) is 7.70. The highest BCUT2D eigenvalue weighted by molar-refractivity contribution is 5.93. The smallest absolute Gasteiger partial charge is 0.254 e. The van der Waals surface area contributed by atoms with Crippen LogP contribution in [0.25, 0.3) is 0 Å². The van der Waals surface area contributed by atoms with E-state index in [9.17, 15) is 9.90 Å². The molecule has 0 saturated carbocycles. The fourth-order valence-electron chi connectivity index (χ4n) is 1.50. The molecule has 1 fully saturated rings. The molecule has 0 radical (unpaired) electrons. The molecule has 1 saturated heterocycles. The topological polar surface area (TPSA) is 84.3 Å². The van der Waals surface area contributed by atoms with Crippen LogP contribution in [0.15, 0.2) is 18.7 Å². The fraction of sp³-hybridized carbons (Fsp3) is 0.500. The molecule has 1 unspecified atom stereocenters. The largest absolute Gasteiger partial charge is 0.386 e. The number of amides is 1. The Morgan fingerprint density at radius 2 is 2.31 bits per heavy atom. The Kier molecular flexibility index (Phi) is 3.12. The van der Waals surface area contributed by atoms with Crippen molar-refractivity contribution in [2.45, 2.75) is 12.0 Å². The quantitative estimate of drug-likeness (QED) is 0.712. The first-order valence-corrected chi connectivity index (χ1v) is 5.03. The van der Waals surface area contributed by atoms with Gasteiger partial charge in [-0.05, 0) is 0 Å². The maximum atomic E-state index is 11.6. The summed E-state index contributed by atoms with van der Waals surface area (Å²) in [5, 5.41) is 12.5. The highest BCUT2D eigenvalue weighted by Gasteiger charge is 2.32. The van der Waals surface area contributed by atoms with Crippen molar-refractivity contribution in [2.75, 3.05) is 19.8 Å². The second-order valence-electron chi connectivity index (χ2n) is 3.84. The normalized spacial score (nSPS) is 24.3. The molecule has 1 aromatic heterocycles. The minimum absolute atomic E-state index is 0.181. The lowest BCUT2D eigenvalue weighted by atomic mass is 10.0. The third-order valence-corrected chi connectivity index (χ3v) is 2.48. The molecular weight excluding hydrogens is 210 g/mol. The van der Waals surface area contributed by atoms with Gasteiger partial charge in [-0.25, -0.2) is 9.97 Å². The molecule has 6 heteroatoms. The summed E-state index contributed by atoms with van der Waals surface area (Å²) >= 11 is 0. The average molecular weight is 223 g/mol. The lowest BCUT2D eigenvalue weighted by Crippen LogP contribution is -2.43. The average Bonchev–Trinajstić information content (AvgIpc) is 2.75. The van der Waals surface area contributed by atoms with Crippen LogP contribution in [0.5, 0.6) is 0 Å². The lowest BCUT2D eigenvalue weighted by Gasteiger charge is -2.20. The molecule has 2 heterocycles. The molecular formula is C10H13N3O3. The van der Waals surface area contributed by atoms with Gasteiger partial charge in [0.15, 0.2) is 0 Å². The number of rotatable bonds is 3. The third-order valence-electron chi connectivity index (χ3n) is 2.48. The Labute approximate surface area is 92.7 Å². The van der Waals surface area contributed by atoms with E-state index in [0.717, 1.165) is 0 Å². The lowest BCUT2D eigenvalue weighted by molar-refractivity contribution is 0.0264. The summed E-state index contributed by atoms with van der Waals surface area (Å²) in [5.74, 6) is -0.291. The molecule has 0 bridgehead atoms. The van der Waals surface area contributed by atoms with E-state index in [2.05, 4.69) is 15.3 Å². The molecule has 1 aliphatic rings. The van der Waals surface area contributed by atoms with Crippen molar-refractivity contribution in [1.29, 1.82) is 0 Å². The molecule has 0 aliphatic carbocycles. The van der Waals surface area contributed by atoms with Gasteiger partial charge in [0.2, 0.25) is 0 Å². The van der Waals surface area contributed by atoms with Crippen LogP contribution in [0, 0.1) is 0 Å². The molecule has 1 atom stereocenters. The van der Waals surface area contributed by atoms with Crippen molar-refractivity contribution < 1.29 is 14.6 Å². The molecule has 16 heavy (non-hydrogen) atoms. The van der Waals surface area contributed by atoms with Crippen LogP contribution in [0.3, 0.4) is 0 Å². The standard InChI is InChI=1S/C10H13N3O3/c14-9(8-3-11-7-12-4-8)13-5-10(15)1-2-16-6-10/h3-4,7,15H,1-2,5-6H2,(H,13,14). The van der Waals surface area contributed by atoms with E-state index >= 15 is 0 Å². The van der Waals surface area contributed by atoms with Gasteiger partial charge in [-0.3, -0.25) is 4.79 Å². The van der Waals surface area contributed by atoms with Gasteiger partial charge in [0.1, 0.15) is 11.9 Å². The van der Waals surface area contributed by atoms with Crippen molar-refractivity contribution in [2.24, 2.45) is 0 Å². The molecule has 86 valence electrons. The Hall–Kier alpha value is -1.53. The number of nitrogens with one attached hydrogen (secondary N) is 1. The highest BCUT2D eigenvalue weighted by Crippen LogP contribution is 2.16. The molecule has 1 aliphatic heterocycles. The molecule has 2 rings (SSSR count). The van der Waals surface area contributed by atoms with Crippen molar-refractivity contribution in [3.8, 4) is 0 Å². The Morgan fingerprint density at radius 3 is 2.94 bits per heavy atom. The van der Waals surface area contributed by atoms with Crippen LogP contribution in [-0.4, -0.2) is 46.3 Å². The summed E-state index contributed by atoms with van der Waals surface area (Å²) in [6.07, 6.45) is 4.75. The number of hydrogen-bond acceptors (Lipinski definition) is 5. The van der Waals surface area contributed by atoms with E-state index in [1.54, 1.807) is 0 Å². The third kappa shape index (κ3) is 2.53. The Morgan fingerprint density at radius 1 is 1.56 bits per heavy atom. The second kappa shape index (κ2) is 4.54.